The molecule has 2 rings (SSSR count). The number of hydrogen-bond acceptors (Lipinski definition) is 2. The highest BCUT2D eigenvalue weighted by atomic mass is 19.1. The minimum Gasteiger partial charge on any atom is -0.310 e. The molecule has 0 atom stereocenters. The molecule has 4 heteroatoms. The van der Waals surface area contributed by atoms with Crippen molar-refractivity contribution >= 4 is 10.9 Å². The van der Waals surface area contributed by atoms with Crippen LogP contribution < -0.4 is 5.56 Å². The molecular weight excluding hydrogens is 183 g/mol. The van der Waals surface area contributed by atoms with Gasteiger partial charge in [-0.1, -0.05) is 6.92 Å². The third-order valence-corrected chi connectivity index (χ3v) is 2.05. The third-order valence-electron chi connectivity index (χ3n) is 2.05. The van der Waals surface area contributed by atoms with E-state index in [0.717, 1.165) is 0 Å². The normalized spacial score (nSPS) is 10.7. The van der Waals surface area contributed by atoms with Crippen molar-refractivity contribution in [1.29, 1.82) is 0 Å². The summed E-state index contributed by atoms with van der Waals surface area (Å²) in [7, 11) is 0. The van der Waals surface area contributed by atoms with Crippen molar-refractivity contribution in [2.45, 2.75) is 13.3 Å². The fourth-order valence-electron chi connectivity index (χ4n) is 1.33. The maximum atomic E-state index is 12.8. The molecule has 3 nitrogen and oxygen atoms in total. The molecule has 0 amide bonds. The quantitative estimate of drug-likeness (QED) is 0.746. The summed E-state index contributed by atoms with van der Waals surface area (Å²) in [5.74, 6) is 0.197. The Bertz CT molecular complexity index is 533. The lowest BCUT2D eigenvalue weighted by molar-refractivity contribution is 0.629. The summed E-state index contributed by atoms with van der Waals surface area (Å²) in [6, 6.07) is 4.01. The van der Waals surface area contributed by atoms with Crippen LogP contribution in [0.5, 0.6) is 0 Å². The second kappa shape index (κ2) is 3.21. The maximum absolute atomic E-state index is 12.8. The predicted octanol–water partition coefficient (Wildman–Crippen LogP) is 1.62. The molecule has 1 aromatic carbocycles. The lowest BCUT2D eigenvalue weighted by atomic mass is 10.2. The molecule has 0 aliphatic rings. The van der Waals surface area contributed by atoms with E-state index in [-0.39, 0.29) is 5.56 Å². The van der Waals surface area contributed by atoms with Gasteiger partial charge in [0.15, 0.2) is 0 Å². The molecule has 0 bridgehead atoms. The smallest absolute Gasteiger partial charge is 0.258 e. The van der Waals surface area contributed by atoms with Crippen LogP contribution in [0.25, 0.3) is 10.9 Å². The van der Waals surface area contributed by atoms with E-state index in [0.29, 0.717) is 23.1 Å². The largest absolute Gasteiger partial charge is 0.310 e. The monoisotopic (exact) mass is 192 g/mol. The first-order valence-corrected chi connectivity index (χ1v) is 4.39. The highest BCUT2D eigenvalue weighted by molar-refractivity contribution is 5.77. The summed E-state index contributed by atoms with van der Waals surface area (Å²) >= 11 is 0. The Labute approximate surface area is 79.6 Å². The molecule has 0 radical (unpaired) electrons. The second-order valence-electron chi connectivity index (χ2n) is 3.03. The van der Waals surface area contributed by atoms with Crippen LogP contribution in [-0.2, 0) is 6.42 Å². The molecule has 1 heterocycles. The van der Waals surface area contributed by atoms with Gasteiger partial charge in [-0.2, -0.15) is 0 Å². The highest BCUT2D eigenvalue weighted by Gasteiger charge is 2.03. The Morgan fingerprint density at radius 3 is 3.00 bits per heavy atom. The van der Waals surface area contributed by atoms with E-state index in [1.54, 1.807) is 0 Å². The molecule has 2 aromatic rings. The number of halogens is 1. The number of nitrogens with zero attached hydrogens (tertiary/aromatic N) is 1. The van der Waals surface area contributed by atoms with Crippen LogP contribution in [0, 0.1) is 5.82 Å². The summed E-state index contributed by atoms with van der Waals surface area (Å²) in [5.41, 5.74) is 0.248. The summed E-state index contributed by atoms with van der Waals surface area (Å²) < 4.78 is 12.8. The standard InChI is InChI=1S/C10H9FN2O/c1-2-9-12-8-4-3-6(11)5-7(8)10(14)13-9/h3-5H,2H2,1H3,(H,12,13,14). The van der Waals surface area contributed by atoms with E-state index in [1.807, 2.05) is 6.92 Å². The number of aryl methyl sites for hydroxylation is 1. The SMILES string of the molecule is CCc1nc2ccc(F)cc2c(=O)[nH]1. The van der Waals surface area contributed by atoms with Crippen molar-refractivity contribution in [2.24, 2.45) is 0 Å². The molecule has 0 fully saturated rings. The van der Waals surface area contributed by atoms with Gasteiger partial charge in [-0.15, -0.1) is 0 Å². The zero-order valence-corrected chi connectivity index (χ0v) is 7.67. The molecule has 0 aliphatic heterocycles. The van der Waals surface area contributed by atoms with E-state index in [9.17, 15) is 9.18 Å². The highest BCUT2D eigenvalue weighted by Crippen LogP contribution is 2.08. The van der Waals surface area contributed by atoms with Crippen LogP contribution in [0.3, 0.4) is 0 Å². The van der Waals surface area contributed by atoms with Gasteiger partial charge in [0.1, 0.15) is 11.6 Å². The number of fused-ring (bicyclic) bond motifs is 1. The van der Waals surface area contributed by atoms with Gasteiger partial charge >= 0.3 is 0 Å². The van der Waals surface area contributed by atoms with Crippen LogP contribution in [0.15, 0.2) is 23.0 Å². The molecule has 0 spiro atoms. The molecule has 72 valence electrons. The van der Waals surface area contributed by atoms with E-state index in [1.165, 1.54) is 18.2 Å². The van der Waals surface area contributed by atoms with E-state index < -0.39 is 5.82 Å². The van der Waals surface area contributed by atoms with E-state index in [4.69, 9.17) is 0 Å². The Kier molecular flexibility index (Phi) is 2.04. The Morgan fingerprint density at radius 1 is 1.50 bits per heavy atom. The molecule has 1 aromatic heterocycles. The van der Waals surface area contributed by atoms with Crippen molar-refractivity contribution in [3.8, 4) is 0 Å². The van der Waals surface area contributed by atoms with Gasteiger partial charge in [-0.05, 0) is 18.2 Å². The van der Waals surface area contributed by atoms with Gasteiger partial charge in [-0.25, -0.2) is 9.37 Å². The second-order valence-corrected chi connectivity index (χ2v) is 3.03. The number of aromatic nitrogens is 2. The number of nitrogens with one attached hydrogen (secondary N) is 1. The Hall–Kier alpha value is -1.71. The Balaban J connectivity index is 2.83. The first-order chi connectivity index (χ1) is 6.70. The molecule has 1 N–H and O–H groups in total. The zero-order valence-electron chi connectivity index (χ0n) is 7.67. The topological polar surface area (TPSA) is 45.8 Å². The minimum absolute atomic E-state index is 0.286. The van der Waals surface area contributed by atoms with Crippen LogP contribution >= 0.6 is 0 Å². The average Bonchev–Trinajstić information content (AvgIpc) is 2.19. The molecule has 0 unspecified atom stereocenters. The number of hydrogen-bond donors (Lipinski definition) is 1. The van der Waals surface area contributed by atoms with Crippen LogP contribution in [-0.4, -0.2) is 9.97 Å². The van der Waals surface area contributed by atoms with E-state index in [2.05, 4.69) is 9.97 Å². The van der Waals surface area contributed by atoms with Gasteiger partial charge in [0, 0.05) is 6.42 Å². The van der Waals surface area contributed by atoms with Crippen LogP contribution in [0.1, 0.15) is 12.7 Å². The van der Waals surface area contributed by atoms with Crippen molar-refractivity contribution < 1.29 is 4.39 Å². The zero-order chi connectivity index (χ0) is 10.1. The van der Waals surface area contributed by atoms with Gasteiger partial charge in [0.2, 0.25) is 0 Å². The lowest BCUT2D eigenvalue weighted by Gasteiger charge is -1.99. The fourth-order valence-corrected chi connectivity index (χ4v) is 1.33. The molecule has 14 heavy (non-hydrogen) atoms. The van der Waals surface area contributed by atoms with Crippen molar-refractivity contribution in [1.82, 2.24) is 9.97 Å². The van der Waals surface area contributed by atoms with Gasteiger partial charge in [0.25, 0.3) is 5.56 Å². The minimum atomic E-state index is -0.422. The van der Waals surface area contributed by atoms with Gasteiger partial charge in [-0.3, -0.25) is 4.79 Å². The number of benzene rings is 1. The first kappa shape index (κ1) is 8.87. The predicted molar refractivity (Wildman–Crippen MR) is 51.7 cm³/mol. The fraction of sp³-hybridized carbons (Fsp3) is 0.200. The average molecular weight is 192 g/mol. The first-order valence-electron chi connectivity index (χ1n) is 4.39. The van der Waals surface area contributed by atoms with Crippen LogP contribution in [0.4, 0.5) is 4.39 Å². The summed E-state index contributed by atoms with van der Waals surface area (Å²) in [4.78, 5) is 18.2. The van der Waals surface area contributed by atoms with Gasteiger partial charge < -0.3 is 4.98 Å². The maximum Gasteiger partial charge on any atom is 0.258 e. The van der Waals surface area contributed by atoms with Gasteiger partial charge in [0.05, 0.1) is 10.9 Å². The summed E-state index contributed by atoms with van der Waals surface area (Å²) in [6.07, 6.45) is 0.655. The molecular formula is C10H9FN2O. The number of aromatic amines is 1. The van der Waals surface area contributed by atoms with Crippen molar-refractivity contribution in [2.75, 3.05) is 0 Å². The lowest BCUT2D eigenvalue weighted by Crippen LogP contribution is -2.11. The van der Waals surface area contributed by atoms with Crippen LogP contribution in [0.2, 0.25) is 0 Å². The van der Waals surface area contributed by atoms with Crippen molar-refractivity contribution in [3.63, 3.8) is 0 Å². The van der Waals surface area contributed by atoms with E-state index >= 15 is 0 Å². The van der Waals surface area contributed by atoms with Crippen molar-refractivity contribution in [3.05, 3.63) is 40.2 Å². The molecule has 0 aliphatic carbocycles. The summed E-state index contributed by atoms with van der Waals surface area (Å²) in [5, 5.41) is 0.294. The molecule has 0 saturated heterocycles. The third kappa shape index (κ3) is 1.39. The molecule has 0 saturated carbocycles. The number of H-pyrrole nitrogens is 1. The Morgan fingerprint density at radius 2 is 2.29 bits per heavy atom. The summed E-state index contributed by atoms with van der Waals surface area (Å²) in [6.45, 7) is 1.90. The number of rotatable bonds is 1.